The van der Waals surface area contributed by atoms with Crippen LogP contribution in [-0.2, 0) is 16.0 Å². The number of methoxy groups -OCH3 is 1. The maximum atomic E-state index is 13.3. The predicted molar refractivity (Wildman–Crippen MR) is 125 cm³/mol. The van der Waals surface area contributed by atoms with Crippen molar-refractivity contribution in [1.29, 1.82) is 0 Å². The fraction of sp³-hybridized carbons (Fsp3) is 0.481. The molecule has 170 valence electrons. The third kappa shape index (κ3) is 3.68. The average molecular weight is 436 g/mol. The predicted octanol–water partition coefficient (Wildman–Crippen LogP) is 5.26. The van der Waals surface area contributed by atoms with Crippen molar-refractivity contribution < 1.29 is 19.1 Å². The van der Waals surface area contributed by atoms with E-state index in [1.807, 2.05) is 19.1 Å². The van der Waals surface area contributed by atoms with E-state index in [-0.39, 0.29) is 17.5 Å². The van der Waals surface area contributed by atoms with Crippen LogP contribution in [0.2, 0.25) is 0 Å². The van der Waals surface area contributed by atoms with Gasteiger partial charge in [-0.05, 0) is 57.6 Å². The van der Waals surface area contributed by atoms with Crippen LogP contribution in [0.3, 0.4) is 0 Å². The molecule has 4 rings (SSSR count). The zero-order valence-electron chi connectivity index (χ0n) is 19.5. The van der Waals surface area contributed by atoms with Gasteiger partial charge in [0.05, 0.1) is 13.7 Å². The van der Waals surface area contributed by atoms with E-state index in [0.29, 0.717) is 37.4 Å². The maximum absolute atomic E-state index is 13.3. The van der Waals surface area contributed by atoms with E-state index in [2.05, 4.69) is 24.5 Å². The highest BCUT2D eigenvalue weighted by molar-refractivity contribution is 6.06. The summed E-state index contributed by atoms with van der Waals surface area (Å²) >= 11 is 0. The summed E-state index contributed by atoms with van der Waals surface area (Å²) in [5, 5.41) is 0. The Kier molecular flexibility index (Phi) is 6.54. The molecule has 1 aliphatic heterocycles. The molecule has 1 aromatic carbocycles. The highest BCUT2D eigenvalue weighted by Gasteiger charge is 2.43. The molecular weight excluding hydrogens is 402 g/mol. The molecule has 5 nitrogen and oxygen atoms in total. The summed E-state index contributed by atoms with van der Waals surface area (Å²) in [6, 6.07) is 4.05. The largest absolute Gasteiger partial charge is 0.493 e. The first-order valence-corrected chi connectivity index (χ1v) is 11.8. The molecule has 2 aliphatic carbocycles. The summed E-state index contributed by atoms with van der Waals surface area (Å²) in [6.45, 7) is 9.22. The van der Waals surface area contributed by atoms with Gasteiger partial charge in [0.2, 0.25) is 0 Å². The number of carbonyl (C=O) groups excluding carboxylic acids is 2. The maximum Gasteiger partial charge on any atom is 0.164 e. The number of benzene rings is 1. The van der Waals surface area contributed by atoms with Crippen LogP contribution < -0.4 is 9.47 Å². The van der Waals surface area contributed by atoms with Crippen molar-refractivity contribution in [3.63, 3.8) is 0 Å². The number of rotatable bonds is 7. The molecule has 1 aromatic rings. The summed E-state index contributed by atoms with van der Waals surface area (Å²) in [5.74, 6) is 1.34. The minimum absolute atomic E-state index is 0.165. The van der Waals surface area contributed by atoms with Crippen LogP contribution in [0, 0.1) is 0 Å². The zero-order valence-corrected chi connectivity index (χ0v) is 19.5. The molecule has 0 amide bonds. The molecule has 3 aliphatic rings. The lowest BCUT2D eigenvalue weighted by Gasteiger charge is -2.43. The normalized spacial score (nSPS) is 19.2. The highest BCUT2D eigenvalue weighted by atomic mass is 16.5. The third-order valence-electron chi connectivity index (χ3n) is 6.76. The SMILES string of the molecule is C=CCc1cc(C2C3=C(CCCC3=O)N(CC)C3=C2C(=O)CCC3)cc(OCC)c1OC. The van der Waals surface area contributed by atoms with Gasteiger partial charge >= 0.3 is 0 Å². The van der Waals surface area contributed by atoms with E-state index >= 15 is 0 Å². The molecule has 0 bridgehead atoms. The standard InChI is InChI=1S/C27H33NO4/c1-5-10-17-15-18(16-23(32-7-3)27(17)31-4)24-25-19(11-8-13-21(25)29)28(6-2)20-12-9-14-22(30)26(20)24/h5,15-16,24H,1,6-14H2,2-4H3. The van der Waals surface area contributed by atoms with E-state index in [0.717, 1.165) is 65.9 Å². The fourth-order valence-electron chi connectivity index (χ4n) is 5.58. The highest BCUT2D eigenvalue weighted by Crippen LogP contribution is 2.50. The van der Waals surface area contributed by atoms with Crippen molar-refractivity contribution in [3.8, 4) is 11.5 Å². The number of ketones is 2. The number of ether oxygens (including phenoxy) is 2. The molecule has 0 atom stereocenters. The smallest absolute Gasteiger partial charge is 0.164 e. The van der Waals surface area contributed by atoms with Gasteiger partial charge in [0, 0.05) is 53.4 Å². The monoisotopic (exact) mass is 435 g/mol. The molecule has 0 N–H and O–H groups in total. The second-order valence-electron chi connectivity index (χ2n) is 8.59. The topological polar surface area (TPSA) is 55.8 Å². The van der Waals surface area contributed by atoms with E-state index < -0.39 is 0 Å². The van der Waals surface area contributed by atoms with E-state index in [1.54, 1.807) is 7.11 Å². The molecule has 0 fully saturated rings. The van der Waals surface area contributed by atoms with Gasteiger partial charge in [-0.15, -0.1) is 6.58 Å². The molecule has 1 heterocycles. The Morgan fingerprint density at radius 3 is 2.16 bits per heavy atom. The summed E-state index contributed by atoms with van der Waals surface area (Å²) in [4.78, 5) is 28.9. The Hall–Kier alpha value is -2.82. The van der Waals surface area contributed by atoms with Gasteiger partial charge < -0.3 is 14.4 Å². The lowest BCUT2D eigenvalue weighted by molar-refractivity contribution is -0.117. The van der Waals surface area contributed by atoms with Crippen LogP contribution >= 0.6 is 0 Å². The number of nitrogens with zero attached hydrogens (tertiary/aromatic N) is 1. The van der Waals surface area contributed by atoms with Gasteiger partial charge in [-0.1, -0.05) is 12.1 Å². The van der Waals surface area contributed by atoms with Gasteiger partial charge in [0.15, 0.2) is 23.1 Å². The van der Waals surface area contributed by atoms with Crippen LogP contribution in [0.1, 0.15) is 69.4 Å². The molecule has 0 saturated carbocycles. The summed E-state index contributed by atoms with van der Waals surface area (Å²) in [5.41, 5.74) is 5.74. The van der Waals surface area contributed by atoms with E-state index in [9.17, 15) is 9.59 Å². The van der Waals surface area contributed by atoms with Crippen LogP contribution in [0.15, 0.2) is 47.3 Å². The van der Waals surface area contributed by atoms with Crippen LogP contribution in [0.4, 0.5) is 0 Å². The molecule has 5 heteroatoms. The fourth-order valence-corrected chi connectivity index (χ4v) is 5.58. The van der Waals surface area contributed by atoms with Crippen LogP contribution in [0.25, 0.3) is 0 Å². The molecule has 0 spiro atoms. The first-order chi connectivity index (χ1) is 15.5. The lowest BCUT2D eigenvalue weighted by atomic mass is 9.70. The van der Waals surface area contributed by atoms with Crippen molar-refractivity contribution in [3.05, 3.63) is 58.5 Å². The van der Waals surface area contributed by atoms with Gasteiger partial charge in [-0.3, -0.25) is 9.59 Å². The third-order valence-corrected chi connectivity index (χ3v) is 6.76. The molecule has 0 saturated heterocycles. The van der Waals surface area contributed by atoms with E-state index in [4.69, 9.17) is 9.47 Å². The molecule has 0 radical (unpaired) electrons. The van der Waals surface area contributed by atoms with Crippen molar-refractivity contribution in [1.82, 2.24) is 4.90 Å². The number of Topliss-reactive ketones (excluding diaryl/α,β-unsaturated/α-hetero) is 2. The van der Waals surface area contributed by atoms with Crippen molar-refractivity contribution in [2.45, 2.75) is 64.7 Å². The minimum atomic E-state index is -0.336. The van der Waals surface area contributed by atoms with Crippen molar-refractivity contribution in [2.24, 2.45) is 0 Å². The van der Waals surface area contributed by atoms with Gasteiger partial charge in [0.25, 0.3) is 0 Å². The Morgan fingerprint density at radius 2 is 1.66 bits per heavy atom. The molecule has 0 unspecified atom stereocenters. The second-order valence-corrected chi connectivity index (χ2v) is 8.59. The summed E-state index contributed by atoms with van der Waals surface area (Å²) in [6.07, 6.45) is 7.02. The summed E-state index contributed by atoms with van der Waals surface area (Å²) in [7, 11) is 1.64. The van der Waals surface area contributed by atoms with Gasteiger partial charge in [-0.25, -0.2) is 0 Å². The number of hydrogen-bond donors (Lipinski definition) is 0. The number of hydrogen-bond acceptors (Lipinski definition) is 5. The first-order valence-electron chi connectivity index (χ1n) is 11.8. The minimum Gasteiger partial charge on any atom is -0.493 e. The van der Waals surface area contributed by atoms with Gasteiger partial charge in [-0.2, -0.15) is 0 Å². The average Bonchev–Trinajstić information content (AvgIpc) is 2.78. The zero-order chi connectivity index (χ0) is 22.8. The number of carbonyl (C=O) groups is 2. The molecule has 32 heavy (non-hydrogen) atoms. The van der Waals surface area contributed by atoms with Gasteiger partial charge in [0.1, 0.15) is 0 Å². The Bertz CT molecular complexity index is 973. The lowest BCUT2D eigenvalue weighted by Crippen LogP contribution is -2.39. The molecular formula is C27H33NO4. The quantitative estimate of drug-likeness (QED) is 0.547. The molecule has 0 aromatic heterocycles. The Balaban J connectivity index is 1.99. The van der Waals surface area contributed by atoms with Crippen molar-refractivity contribution in [2.75, 3.05) is 20.3 Å². The van der Waals surface area contributed by atoms with E-state index in [1.165, 1.54) is 0 Å². The summed E-state index contributed by atoms with van der Waals surface area (Å²) < 4.78 is 11.6. The van der Waals surface area contributed by atoms with Crippen LogP contribution in [-0.4, -0.2) is 36.7 Å². The Morgan fingerprint density at radius 1 is 1.03 bits per heavy atom. The Labute approximate surface area is 190 Å². The van der Waals surface area contributed by atoms with Crippen molar-refractivity contribution >= 4 is 11.6 Å². The van der Waals surface area contributed by atoms with Crippen LogP contribution in [0.5, 0.6) is 11.5 Å². The first kappa shape index (κ1) is 22.4. The number of allylic oxidation sites excluding steroid dienone is 5. The second kappa shape index (κ2) is 9.35.